The maximum absolute atomic E-state index is 6.25. The summed E-state index contributed by atoms with van der Waals surface area (Å²) in [6, 6.07) is 8.14. The van der Waals surface area contributed by atoms with Crippen molar-refractivity contribution < 1.29 is 4.74 Å². The Balaban J connectivity index is 2.37. The standard InChI is InChI=1S/C12H15ClO/c1-12(2)8-10(13)7-9-5-3-4-6-11(9)14-12/h3-6,10H,7-8H2,1-2H3. The van der Waals surface area contributed by atoms with Gasteiger partial charge in [-0.05, 0) is 31.9 Å². The minimum Gasteiger partial charge on any atom is -0.488 e. The number of hydrogen-bond donors (Lipinski definition) is 0. The summed E-state index contributed by atoms with van der Waals surface area (Å²) in [5.41, 5.74) is 1.07. The number of para-hydroxylation sites is 1. The Hall–Kier alpha value is -0.690. The van der Waals surface area contributed by atoms with Gasteiger partial charge in [-0.15, -0.1) is 11.6 Å². The third-order valence-corrected chi connectivity index (χ3v) is 2.82. The summed E-state index contributed by atoms with van der Waals surface area (Å²) >= 11 is 6.25. The first-order valence-electron chi connectivity index (χ1n) is 4.98. The molecule has 1 aliphatic heterocycles. The molecule has 1 nitrogen and oxygen atoms in total. The second-order valence-corrected chi connectivity index (χ2v) is 5.09. The number of ether oxygens (including phenoxy) is 1. The molecule has 0 N–H and O–H groups in total. The lowest BCUT2D eigenvalue weighted by Crippen LogP contribution is -2.29. The summed E-state index contributed by atoms with van der Waals surface area (Å²) < 4.78 is 5.93. The molecule has 1 atom stereocenters. The van der Waals surface area contributed by atoms with E-state index in [1.54, 1.807) is 0 Å². The van der Waals surface area contributed by atoms with Crippen molar-refractivity contribution in [3.8, 4) is 5.75 Å². The molecular formula is C12H15ClO. The van der Waals surface area contributed by atoms with Crippen molar-refractivity contribution in [1.29, 1.82) is 0 Å². The maximum Gasteiger partial charge on any atom is 0.123 e. The Morgan fingerprint density at radius 3 is 2.86 bits per heavy atom. The average Bonchev–Trinajstić information content (AvgIpc) is 2.16. The zero-order valence-corrected chi connectivity index (χ0v) is 9.34. The van der Waals surface area contributed by atoms with E-state index in [1.807, 2.05) is 18.2 Å². The number of rotatable bonds is 0. The lowest BCUT2D eigenvalue weighted by Gasteiger charge is -2.25. The fourth-order valence-electron chi connectivity index (χ4n) is 1.96. The van der Waals surface area contributed by atoms with E-state index in [9.17, 15) is 0 Å². The fourth-order valence-corrected chi connectivity index (χ4v) is 2.49. The van der Waals surface area contributed by atoms with Gasteiger partial charge in [-0.3, -0.25) is 0 Å². The van der Waals surface area contributed by atoms with Gasteiger partial charge < -0.3 is 4.74 Å². The molecule has 76 valence electrons. The molecule has 2 heteroatoms. The van der Waals surface area contributed by atoms with Crippen LogP contribution >= 0.6 is 11.6 Å². The van der Waals surface area contributed by atoms with E-state index in [0.717, 1.165) is 18.6 Å². The summed E-state index contributed by atoms with van der Waals surface area (Å²) in [7, 11) is 0. The highest BCUT2D eigenvalue weighted by Crippen LogP contribution is 2.33. The Labute approximate surface area is 90.0 Å². The first-order chi connectivity index (χ1) is 6.57. The van der Waals surface area contributed by atoms with Crippen molar-refractivity contribution in [3.05, 3.63) is 29.8 Å². The molecule has 0 aliphatic carbocycles. The summed E-state index contributed by atoms with van der Waals surface area (Å²) in [4.78, 5) is 0. The second kappa shape index (κ2) is 3.47. The van der Waals surface area contributed by atoms with Crippen LogP contribution in [0.4, 0.5) is 0 Å². The van der Waals surface area contributed by atoms with Crippen molar-refractivity contribution in [2.24, 2.45) is 0 Å². The van der Waals surface area contributed by atoms with Crippen molar-refractivity contribution >= 4 is 11.6 Å². The van der Waals surface area contributed by atoms with Gasteiger partial charge in [0, 0.05) is 11.8 Å². The van der Waals surface area contributed by atoms with Crippen LogP contribution in [-0.4, -0.2) is 11.0 Å². The monoisotopic (exact) mass is 210 g/mol. The largest absolute Gasteiger partial charge is 0.488 e. The van der Waals surface area contributed by atoms with Gasteiger partial charge >= 0.3 is 0 Å². The maximum atomic E-state index is 6.25. The molecule has 0 saturated carbocycles. The number of benzene rings is 1. The van der Waals surface area contributed by atoms with Crippen LogP contribution in [0.15, 0.2) is 24.3 Å². The predicted octanol–water partition coefficient (Wildman–Crippen LogP) is 3.40. The zero-order chi connectivity index (χ0) is 10.2. The van der Waals surface area contributed by atoms with Crippen LogP contribution in [0.25, 0.3) is 0 Å². The second-order valence-electron chi connectivity index (χ2n) is 4.48. The predicted molar refractivity (Wildman–Crippen MR) is 59.1 cm³/mol. The van der Waals surface area contributed by atoms with Crippen LogP contribution < -0.4 is 4.74 Å². The van der Waals surface area contributed by atoms with E-state index in [0.29, 0.717) is 0 Å². The molecule has 0 bridgehead atoms. The van der Waals surface area contributed by atoms with Gasteiger partial charge in [0.05, 0.1) is 0 Å². The lowest BCUT2D eigenvalue weighted by atomic mass is 10.0. The normalized spacial score (nSPS) is 24.6. The molecule has 0 aromatic heterocycles. The van der Waals surface area contributed by atoms with E-state index in [1.165, 1.54) is 5.56 Å². The van der Waals surface area contributed by atoms with E-state index < -0.39 is 0 Å². The summed E-state index contributed by atoms with van der Waals surface area (Å²) in [6.45, 7) is 4.18. The van der Waals surface area contributed by atoms with Gasteiger partial charge in [-0.1, -0.05) is 18.2 Å². The number of hydrogen-bond acceptors (Lipinski definition) is 1. The van der Waals surface area contributed by atoms with E-state index in [4.69, 9.17) is 16.3 Å². The Kier molecular flexibility index (Phi) is 2.44. The van der Waals surface area contributed by atoms with Crippen molar-refractivity contribution in [2.45, 2.75) is 37.7 Å². The van der Waals surface area contributed by atoms with Gasteiger partial charge in [-0.2, -0.15) is 0 Å². The molecule has 0 spiro atoms. The molecule has 0 radical (unpaired) electrons. The molecule has 1 heterocycles. The minimum absolute atomic E-state index is 0.154. The SMILES string of the molecule is CC1(C)CC(Cl)Cc2ccccc2O1. The number of alkyl halides is 1. The average molecular weight is 211 g/mol. The van der Waals surface area contributed by atoms with Crippen LogP contribution in [-0.2, 0) is 6.42 Å². The van der Waals surface area contributed by atoms with Gasteiger partial charge in [-0.25, -0.2) is 0 Å². The number of fused-ring (bicyclic) bond motifs is 1. The third kappa shape index (κ3) is 2.03. The van der Waals surface area contributed by atoms with Gasteiger partial charge in [0.25, 0.3) is 0 Å². The van der Waals surface area contributed by atoms with Crippen molar-refractivity contribution in [2.75, 3.05) is 0 Å². The minimum atomic E-state index is -0.154. The molecule has 1 aromatic carbocycles. The van der Waals surface area contributed by atoms with Crippen molar-refractivity contribution in [1.82, 2.24) is 0 Å². The topological polar surface area (TPSA) is 9.23 Å². The van der Waals surface area contributed by atoms with Crippen LogP contribution in [0, 0.1) is 0 Å². The van der Waals surface area contributed by atoms with E-state index >= 15 is 0 Å². The van der Waals surface area contributed by atoms with Gasteiger partial charge in [0.2, 0.25) is 0 Å². The Morgan fingerprint density at radius 1 is 1.36 bits per heavy atom. The first kappa shape index (κ1) is 9.85. The zero-order valence-electron chi connectivity index (χ0n) is 8.59. The third-order valence-electron chi connectivity index (χ3n) is 2.51. The molecule has 1 aliphatic rings. The molecule has 1 unspecified atom stereocenters. The van der Waals surface area contributed by atoms with Crippen LogP contribution in [0.3, 0.4) is 0 Å². The molecule has 14 heavy (non-hydrogen) atoms. The number of halogens is 1. The Bertz CT molecular complexity index is 333. The van der Waals surface area contributed by atoms with Crippen molar-refractivity contribution in [3.63, 3.8) is 0 Å². The van der Waals surface area contributed by atoms with Crippen LogP contribution in [0.1, 0.15) is 25.8 Å². The summed E-state index contributed by atoms with van der Waals surface area (Å²) in [5, 5.41) is 0.175. The molecule has 0 saturated heterocycles. The highest BCUT2D eigenvalue weighted by atomic mass is 35.5. The molecule has 1 aromatic rings. The molecule has 0 amide bonds. The Morgan fingerprint density at radius 2 is 2.07 bits per heavy atom. The van der Waals surface area contributed by atoms with E-state index in [2.05, 4.69) is 19.9 Å². The van der Waals surface area contributed by atoms with Gasteiger partial charge in [0.1, 0.15) is 11.4 Å². The first-order valence-corrected chi connectivity index (χ1v) is 5.41. The van der Waals surface area contributed by atoms with E-state index in [-0.39, 0.29) is 11.0 Å². The quantitative estimate of drug-likeness (QED) is 0.597. The molecule has 2 rings (SSSR count). The van der Waals surface area contributed by atoms with Crippen LogP contribution in [0.5, 0.6) is 5.75 Å². The highest BCUT2D eigenvalue weighted by molar-refractivity contribution is 6.20. The highest BCUT2D eigenvalue weighted by Gasteiger charge is 2.28. The smallest absolute Gasteiger partial charge is 0.123 e. The lowest BCUT2D eigenvalue weighted by molar-refractivity contribution is 0.104. The summed E-state index contributed by atoms with van der Waals surface area (Å²) in [5.74, 6) is 0.987. The molecular weight excluding hydrogens is 196 g/mol. The molecule has 0 fully saturated rings. The van der Waals surface area contributed by atoms with Gasteiger partial charge in [0.15, 0.2) is 0 Å². The van der Waals surface area contributed by atoms with Crippen LogP contribution in [0.2, 0.25) is 0 Å². The fraction of sp³-hybridized carbons (Fsp3) is 0.500. The summed E-state index contributed by atoms with van der Waals surface area (Å²) in [6.07, 6.45) is 1.80.